The molecular weight excluding hydrogens is 331 g/mol. The second-order valence-electron chi connectivity index (χ2n) is 6.17. The van der Waals surface area contributed by atoms with Gasteiger partial charge in [-0.2, -0.15) is 0 Å². The number of ether oxygens (including phenoxy) is 1. The predicted molar refractivity (Wildman–Crippen MR) is 97.5 cm³/mol. The van der Waals surface area contributed by atoms with Crippen LogP contribution in [0.1, 0.15) is 30.6 Å². The minimum absolute atomic E-state index is 0.0562. The van der Waals surface area contributed by atoms with E-state index in [1.54, 1.807) is 18.5 Å². The van der Waals surface area contributed by atoms with Gasteiger partial charge >= 0.3 is 0 Å². The van der Waals surface area contributed by atoms with E-state index in [0.717, 1.165) is 35.5 Å². The van der Waals surface area contributed by atoms with E-state index < -0.39 is 0 Å². The third kappa shape index (κ3) is 3.35. The highest BCUT2D eigenvalue weighted by Gasteiger charge is 2.22. The van der Waals surface area contributed by atoms with E-state index in [1.165, 1.54) is 12.1 Å². The van der Waals surface area contributed by atoms with E-state index in [-0.39, 0.29) is 11.9 Å². The quantitative estimate of drug-likeness (QED) is 0.765. The minimum Gasteiger partial charge on any atom is -0.493 e. The number of rotatable bonds is 4. The van der Waals surface area contributed by atoms with Gasteiger partial charge in [-0.25, -0.2) is 14.4 Å². The first kappa shape index (κ1) is 16.4. The molecule has 6 heteroatoms. The molecule has 1 aromatic carbocycles. The first-order valence-corrected chi connectivity index (χ1v) is 8.70. The van der Waals surface area contributed by atoms with Crippen LogP contribution < -0.4 is 10.1 Å². The molecule has 0 saturated carbocycles. The molecule has 0 aliphatic carbocycles. The summed E-state index contributed by atoms with van der Waals surface area (Å²) in [4.78, 5) is 13.3. The molecule has 3 heterocycles. The zero-order valence-corrected chi connectivity index (χ0v) is 14.4. The Morgan fingerprint density at radius 2 is 2.00 bits per heavy atom. The van der Waals surface area contributed by atoms with Gasteiger partial charge in [-0.3, -0.25) is 4.98 Å². The number of anilines is 1. The SMILES string of the molecule is CCc1cc(NC2CCOc3ccc(F)cc32)nc(-c2ccncc2)n1. The van der Waals surface area contributed by atoms with E-state index >= 15 is 0 Å². The van der Waals surface area contributed by atoms with Crippen LogP contribution in [-0.4, -0.2) is 21.6 Å². The highest BCUT2D eigenvalue weighted by atomic mass is 19.1. The van der Waals surface area contributed by atoms with Crippen LogP contribution in [0.3, 0.4) is 0 Å². The maximum absolute atomic E-state index is 13.7. The topological polar surface area (TPSA) is 59.9 Å². The third-order valence-electron chi connectivity index (χ3n) is 4.41. The van der Waals surface area contributed by atoms with Gasteiger partial charge in [0.25, 0.3) is 0 Å². The number of halogens is 1. The summed E-state index contributed by atoms with van der Waals surface area (Å²) in [7, 11) is 0. The van der Waals surface area contributed by atoms with Crippen molar-refractivity contribution < 1.29 is 9.13 Å². The van der Waals surface area contributed by atoms with Gasteiger partial charge < -0.3 is 10.1 Å². The van der Waals surface area contributed by atoms with Crippen molar-refractivity contribution in [3.05, 3.63) is 65.9 Å². The lowest BCUT2D eigenvalue weighted by molar-refractivity contribution is 0.273. The molecule has 1 atom stereocenters. The van der Waals surface area contributed by atoms with Gasteiger partial charge in [0.1, 0.15) is 17.4 Å². The van der Waals surface area contributed by atoms with Gasteiger partial charge in [-0.05, 0) is 36.8 Å². The largest absolute Gasteiger partial charge is 0.493 e. The van der Waals surface area contributed by atoms with E-state index in [9.17, 15) is 4.39 Å². The summed E-state index contributed by atoms with van der Waals surface area (Å²) in [6.45, 7) is 2.64. The number of aryl methyl sites for hydroxylation is 1. The average Bonchev–Trinajstić information content (AvgIpc) is 2.69. The number of nitrogens with one attached hydrogen (secondary N) is 1. The van der Waals surface area contributed by atoms with Crippen LogP contribution in [0, 0.1) is 5.82 Å². The predicted octanol–water partition coefficient (Wildman–Crippen LogP) is 4.18. The smallest absolute Gasteiger partial charge is 0.161 e. The molecule has 3 aromatic rings. The molecule has 0 bridgehead atoms. The minimum atomic E-state index is -0.268. The Morgan fingerprint density at radius 3 is 2.81 bits per heavy atom. The van der Waals surface area contributed by atoms with Gasteiger partial charge in [-0.1, -0.05) is 6.92 Å². The zero-order valence-electron chi connectivity index (χ0n) is 14.4. The molecule has 0 amide bonds. The maximum Gasteiger partial charge on any atom is 0.161 e. The maximum atomic E-state index is 13.7. The molecule has 5 nitrogen and oxygen atoms in total. The molecule has 0 fully saturated rings. The van der Waals surface area contributed by atoms with Crippen LogP contribution in [0.15, 0.2) is 48.8 Å². The fourth-order valence-electron chi connectivity index (χ4n) is 3.08. The Balaban J connectivity index is 1.68. The van der Waals surface area contributed by atoms with Crippen LogP contribution in [0.4, 0.5) is 10.2 Å². The van der Waals surface area contributed by atoms with Gasteiger partial charge in [-0.15, -0.1) is 0 Å². The molecule has 26 heavy (non-hydrogen) atoms. The van der Waals surface area contributed by atoms with Crippen LogP contribution >= 0.6 is 0 Å². The van der Waals surface area contributed by atoms with Crippen LogP contribution in [0.25, 0.3) is 11.4 Å². The number of pyridine rings is 1. The third-order valence-corrected chi connectivity index (χ3v) is 4.41. The monoisotopic (exact) mass is 350 g/mol. The van der Waals surface area contributed by atoms with Crippen molar-refractivity contribution in [1.29, 1.82) is 0 Å². The van der Waals surface area contributed by atoms with Gasteiger partial charge in [0.05, 0.1) is 12.6 Å². The molecule has 1 unspecified atom stereocenters. The standard InChI is InChI=1S/C20H19FN4O/c1-2-15-12-19(25-20(23-15)13-5-8-22-9-6-13)24-17-7-10-26-18-4-3-14(21)11-16(17)18/h3-6,8-9,11-12,17H,2,7,10H2,1H3,(H,23,24,25). The first-order valence-electron chi connectivity index (χ1n) is 8.70. The summed E-state index contributed by atoms with van der Waals surface area (Å²) < 4.78 is 19.3. The lowest BCUT2D eigenvalue weighted by Crippen LogP contribution is -2.21. The number of nitrogens with zero attached hydrogens (tertiary/aromatic N) is 3. The fraction of sp³-hybridized carbons (Fsp3) is 0.250. The van der Waals surface area contributed by atoms with Crippen LogP contribution in [0.5, 0.6) is 5.75 Å². The second-order valence-corrected chi connectivity index (χ2v) is 6.17. The molecule has 0 saturated heterocycles. The van der Waals surface area contributed by atoms with Crippen molar-refractivity contribution in [2.45, 2.75) is 25.8 Å². The highest BCUT2D eigenvalue weighted by Crippen LogP contribution is 2.34. The summed E-state index contributed by atoms with van der Waals surface area (Å²) in [6, 6.07) is 10.3. The second kappa shape index (κ2) is 7.07. The summed E-state index contributed by atoms with van der Waals surface area (Å²) >= 11 is 0. The summed E-state index contributed by atoms with van der Waals surface area (Å²) in [5, 5.41) is 3.44. The lowest BCUT2D eigenvalue weighted by atomic mass is 10.0. The van der Waals surface area contributed by atoms with Crippen molar-refractivity contribution in [1.82, 2.24) is 15.0 Å². The van der Waals surface area contributed by atoms with Gasteiger partial charge in [0.2, 0.25) is 0 Å². The van der Waals surface area contributed by atoms with Crippen molar-refractivity contribution in [3.63, 3.8) is 0 Å². The van der Waals surface area contributed by atoms with E-state index in [2.05, 4.69) is 27.2 Å². The first-order chi connectivity index (χ1) is 12.7. The molecule has 2 aromatic heterocycles. The molecular formula is C20H19FN4O. The Hall–Kier alpha value is -3.02. The van der Waals surface area contributed by atoms with Crippen molar-refractivity contribution in [2.75, 3.05) is 11.9 Å². The molecule has 4 rings (SSSR count). The number of hydrogen-bond acceptors (Lipinski definition) is 5. The highest BCUT2D eigenvalue weighted by molar-refractivity contribution is 5.57. The van der Waals surface area contributed by atoms with E-state index in [0.29, 0.717) is 18.2 Å². The Kier molecular flexibility index (Phi) is 4.48. The van der Waals surface area contributed by atoms with E-state index in [1.807, 2.05) is 18.2 Å². The van der Waals surface area contributed by atoms with Crippen molar-refractivity contribution >= 4 is 5.82 Å². The van der Waals surface area contributed by atoms with Crippen LogP contribution in [0.2, 0.25) is 0 Å². The summed E-state index contributed by atoms with van der Waals surface area (Å²) in [5.41, 5.74) is 2.68. The number of hydrogen-bond donors (Lipinski definition) is 1. The molecule has 132 valence electrons. The summed E-state index contributed by atoms with van der Waals surface area (Å²) in [6.07, 6.45) is 4.99. The number of aromatic nitrogens is 3. The molecule has 1 aliphatic heterocycles. The van der Waals surface area contributed by atoms with Crippen LogP contribution in [-0.2, 0) is 6.42 Å². The zero-order chi connectivity index (χ0) is 17.9. The molecule has 0 radical (unpaired) electrons. The Morgan fingerprint density at radius 1 is 1.15 bits per heavy atom. The normalized spacial score (nSPS) is 15.8. The Bertz CT molecular complexity index is 917. The van der Waals surface area contributed by atoms with Crippen molar-refractivity contribution in [2.24, 2.45) is 0 Å². The fourth-order valence-corrected chi connectivity index (χ4v) is 3.08. The molecule has 0 spiro atoms. The van der Waals surface area contributed by atoms with E-state index in [4.69, 9.17) is 4.74 Å². The summed E-state index contributed by atoms with van der Waals surface area (Å²) in [5.74, 6) is 1.83. The molecule has 1 N–H and O–H groups in total. The lowest BCUT2D eigenvalue weighted by Gasteiger charge is -2.27. The number of benzene rings is 1. The Labute approximate surface area is 151 Å². The number of fused-ring (bicyclic) bond motifs is 1. The van der Waals surface area contributed by atoms with Gasteiger partial charge in [0.15, 0.2) is 5.82 Å². The molecule has 1 aliphatic rings. The van der Waals surface area contributed by atoms with Crippen molar-refractivity contribution in [3.8, 4) is 17.1 Å². The van der Waals surface area contributed by atoms with Gasteiger partial charge in [0, 0.05) is 41.7 Å². The average molecular weight is 350 g/mol.